The van der Waals surface area contributed by atoms with E-state index in [4.69, 9.17) is 28.2 Å². The average Bonchev–Trinajstić information content (AvgIpc) is 2.82. The molecule has 3 aromatic rings. The molecule has 0 unspecified atom stereocenters. The summed E-state index contributed by atoms with van der Waals surface area (Å²) in [6.07, 6.45) is 0.708. The predicted octanol–water partition coefficient (Wildman–Crippen LogP) is 5.08. The van der Waals surface area contributed by atoms with Crippen molar-refractivity contribution in [3.8, 4) is 5.69 Å². The molecule has 0 N–H and O–H groups in total. The molecular weight excluding hydrogens is 303 g/mol. The van der Waals surface area contributed by atoms with Gasteiger partial charge < -0.3 is 0 Å². The lowest BCUT2D eigenvalue weighted by Crippen LogP contribution is -2.04. The van der Waals surface area contributed by atoms with E-state index in [2.05, 4.69) is 36.6 Å². The molecular formula is C17H16Cl2N2. The van der Waals surface area contributed by atoms with Crippen molar-refractivity contribution in [2.24, 2.45) is 0 Å². The predicted molar refractivity (Wildman–Crippen MR) is 90.0 cm³/mol. The molecule has 1 aromatic heterocycles. The smallest absolute Gasteiger partial charge is 0.115 e. The summed E-state index contributed by atoms with van der Waals surface area (Å²) in [5.41, 5.74) is 5.42. The Balaban J connectivity index is 2.36. The van der Waals surface area contributed by atoms with E-state index in [9.17, 15) is 0 Å². The summed E-state index contributed by atoms with van der Waals surface area (Å²) in [5, 5.41) is 0.673. The van der Waals surface area contributed by atoms with Crippen molar-refractivity contribution in [2.45, 2.75) is 20.3 Å². The van der Waals surface area contributed by atoms with Crippen LogP contribution in [0.5, 0.6) is 0 Å². The topological polar surface area (TPSA) is 17.8 Å². The Labute approximate surface area is 134 Å². The number of halogens is 2. The van der Waals surface area contributed by atoms with Crippen molar-refractivity contribution in [3.05, 3.63) is 58.4 Å². The Morgan fingerprint density at radius 2 is 1.95 bits per heavy atom. The third-order valence-corrected chi connectivity index (χ3v) is 4.12. The lowest BCUT2D eigenvalue weighted by atomic mass is 10.1. The number of hydrogen-bond acceptors (Lipinski definition) is 1. The van der Waals surface area contributed by atoms with Gasteiger partial charge in [0.2, 0.25) is 0 Å². The largest absolute Gasteiger partial charge is 0.296 e. The Morgan fingerprint density at radius 1 is 1.14 bits per heavy atom. The quantitative estimate of drug-likeness (QED) is 0.616. The highest BCUT2D eigenvalue weighted by Crippen LogP contribution is 2.29. The van der Waals surface area contributed by atoms with E-state index in [1.165, 1.54) is 11.1 Å². The molecule has 0 saturated heterocycles. The molecule has 3 rings (SSSR count). The van der Waals surface area contributed by atoms with Crippen LogP contribution in [0.3, 0.4) is 0 Å². The summed E-state index contributed by atoms with van der Waals surface area (Å²) in [5.74, 6) is 1.48. The first-order chi connectivity index (χ1) is 10.1. The second-order valence-electron chi connectivity index (χ2n) is 5.20. The van der Waals surface area contributed by atoms with Crippen LogP contribution in [0.4, 0.5) is 0 Å². The van der Waals surface area contributed by atoms with Gasteiger partial charge in [-0.1, -0.05) is 29.8 Å². The summed E-state index contributed by atoms with van der Waals surface area (Å²) >= 11 is 12.2. The van der Waals surface area contributed by atoms with Crippen LogP contribution < -0.4 is 0 Å². The van der Waals surface area contributed by atoms with Crippen molar-refractivity contribution in [2.75, 3.05) is 5.88 Å². The second-order valence-corrected chi connectivity index (χ2v) is 5.99. The Hall–Kier alpha value is -1.51. The fourth-order valence-corrected chi connectivity index (χ4v) is 2.98. The summed E-state index contributed by atoms with van der Waals surface area (Å²) in [6.45, 7) is 4.20. The van der Waals surface area contributed by atoms with E-state index < -0.39 is 0 Å². The minimum absolute atomic E-state index is 0.534. The van der Waals surface area contributed by atoms with Gasteiger partial charge in [-0.3, -0.25) is 4.57 Å². The summed E-state index contributed by atoms with van der Waals surface area (Å²) in [6, 6.07) is 12.3. The highest BCUT2D eigenvalue weighted by atomic mass is 35.5. The molecule has 0 fully saturated rings. The second kappa shape index (κ2) is 5.70. The number of nitrogens with zero attached hydrogens (tertiary/aromatic N) is 2. The maximum Gasteiger partial charge on any atom is 0.115 e. The van der Waals surface area contributed by atoms with E-state index in [1.807, 2.05) is 18.2 Å². The maximum atomic E-state index is 6.29. The van der Waals surface area contributed by atoms with Gasteiger partial charge in [-0.2, -0.15) is 0 Å². The summed E-state index contributed by atoms with van der Waals surface area (Å²) < 4.78 is 2.17. The first kappa shape index (κ1) is 14.4. The number of para-hydroxylation sites is 1. The fourth-order valence-electron chi connectivity index (χ4n) is 2.59. The highest BCUT2D eigenvalue weighted by Gasteiger charge is 2.15. The van der Waals surface area contributed by atoms with Crippen molar-refractivity contribution < 1.29 is 0 Å². The molecule has 0 aliphatic carbocycles. The van der Waals surface area contributed by atoms with Crippen LogP contribution in [0.1, 0.15) is 17.0 Å². The van der Waals surface area contributed by atoms with Gasteiger partial charge in [0.15, 0.2) is 0 Å². The van der Waals surface area contributed by atoms with Gasteiger partial charge in [0.05, 0.1) is 16.2 Å². The minimum atomic E-state index is 0.534. The summed E-state index contributed by atoms with van der Waals surface area (Å²) in [7, 11) is 0. The van der Waals surface area contributed by atoms with E-state index in [1.54, 1.807) is 0 Å². The van der Waals surface area contributed by atoms with Crippen LogP contribution in [-0.2, 0) is 6.42 Å². The molecule has 1 heterocycles. The third-order valence-electron chi connectivity index (χ3n) is 3.63. The van der Waals surface area contributed by atoms with E-state index in [0.29, 0.717) is 17.3 Å². The molecule has 0 saturated carbocycles. The Bertz CT molecular complexity index is 806. The molecule has 0 aliphatic rings. The molecule has 0 bridgehead atoms. The number of hydrogen-bond donors (Lipinski definition) is 0. The molecule has 2 aromatic carbocycles. The van der Waals surface area contributed by atoms with Gasteiger partial charge in [-0.05, 0) is 43.2 Å². The van der Waals surface area contributed by atoms with Crippen molar-refractivity contribution in [1.82, 2.24) is 9.55 Å². The zero-order valence-corrected chi connectivity index (χ0v) is 13.5. The summed E-state index contributed by atoms with van der Waals surface area (Å²) in [4.78, 5) is 4.70. The average molecular weight is 319 g/mol. The molecule has 21 heavy (non-hydrogen) atoms. The monoisotopic (exact) mass is 318 g/mol. The number of alkyl halides is 1. The fraction of sp³-hybridized carbons (Fsp3) is 0.235. The highest BCUT2D eigenvalue weighted by molar-refractivity contribution is 6.35. The van der Waals surface area contributed by atoms with Crippen LogP contribution in [-0.4, -0.2) is 15.4 Å². The molecule has 0 aliphatic heterocycles. The molecule has 4 heteroatoms. The zero-order valence-electron chi connectivity index (χ0n) is 12.0. The van der Waals surface area contributed by atoms with Crippen LogP contribution >= 0.6 is 23.2 Å². The van der Waals surface area contributed by atoms with Crippen LogP contribution in [0.25, 0.3) is 16.7 Å². The van der Waals surface area contributed by atoms with Crippen LogP contribution in [0, 0.1) is 13.8 Å². The molecule has 0 spiro atoms. The van der Waals surface area contributed by atoms with Gasteiger partial charge in [-0.25, -0.2) is 4.98 Å². The molecule has 108 valence electrons. The standard InChI is InChI=1S/C17H16Cl2N2/c1-11-6-7-12(2)15(10-11)21-14-5-3-4-13(19)17(14)20-16(21)8-9-18/h3-7,10H,8-9H2,1-2H3. The van der Waals surface area contributed by atoms with Gasteiger partial charge in [-0.15, -0.1) is 11.6 Å². The Morgan fingerprint density at radius 3 is 2.71 bits per heavy atom. The molecule has 0 amide bonds. The SMILES string of the molecule is Cc1ccc(C)c(-n2c(CCCl)nc3c(Cl)cccc32)c1. The minimum Gasteiger partial charge on any atom is -0.296 e. The van der Waals surface area contributed by atoms with Crippen molar-refractivity contribution in [3.63, 3.8) is 0 Å². The number of imidazole rings is 1. The van der Waals surface area contributed by atoms with E-state index in [0.717, 1.165) is 22.5 Å². The van der Waals surface area contributed by atoms with Gasteiger partial charge >= 0.3 is 0 Å². The van der Waals surface area contributed by atoms with E-state index in [-0.39, 0.29) is 0 Å². The molecule has 0 radical (unpaired) electrons. The maximum absolute atomic E-state index is 6.29. The zero-order chi connectivity index (χ0) is 15.0. The van der Waals surface area contributed by atoms with Gasteiger partial charge in [0.25, 0.3) is 0 Å². The first-order valence-corrected chi connectivity index (χ1v) is 7.82. The van der Waals surface area contributed by atoms with Crippen molar-refractivity contribution in [1.29, 1.82) is 0 Å². The van der Waals surface area contributed by atoms with Gasteiger partial charge in [0, 0.05) is 12.3 Å². The lowest BCUT2D eigenvalue weighted by Gasteiger charge is -2.12. The van der Waals surface area contributed by atoms with E-state index >= 15 is 0 Å². The normalized spacial score (nSPS) is 11.2. The third kappa shape index (κ3) is 2.54. The van der Waals surface area contributed by atoms with Crippen molar-refractivity contribution >= 4 is 34.2 Å². The molecule has 0 atom stereocenters. The van der Waals surface area contributed by atoms with Gasteiger partial charge in [0.1, 0.15) is 11.3 Å². The number of aryl methyl sites for hydroxylation is 3. The Kier molecular flexibility index (Phi) is 3.92. The lowest BCUT2D eigenvalue weighted by molar-refractivity contribution is 0.906. The first-order valence-electron chi connectivity index (χ1n) is 6.91. The number of fused-ring (bicyclic) bond motifs is 1. The number of rotatable bonds is 3. The number of aromatic nitrogens is 2. The molecule has 2 nitrogen and oxygen atoms in total. The van der Waals surface area contributed by atoms with Crippen LogP contribution in [0.15, 0.2) is 36.4 Å². The number of benzene rings is 2. The van der Waals surface area contributed by atoms with Crippen LogP contribution in [0.2, 0.25) is 5.02 Å².